The Bertz CT molecular complexity index is 529. The highest BCUT2D eigenvalue weighted by Crippen LogP contribution is 2.17. The van der Waals surface area contributed by atoms with E-state index < -0.39 is 0 Å². The minimum atomic E-state index is 0.0791. The van der Waals surface area contributed by atoms with Crippen LogP contribution in [-0.4, -0.2) is 5.78 Å². The summed E-state index contributed by atoms with van der Waals surface area (Å²) in [7, 11) is 0. The largest absolute Gasteiger partial charge is 0.489 e. The highest BCUT2D eigenvalue weighted by molar-refractivity contribution is 9.10. The molecule has 0 spiro atoms. The predicted molar refractivity (Wildman–Crippen MR) is 74.9 cm³/mol. The number of carbonyl (C=O) groups is 1. The van der Waals surface area contributed by atoms with Crippen LogP contribution in [0.1, 0.15) is 22.8 Å². The van der Waals surface area contributed by atoms with Crippen LogP contribution in [0.5, 0.6) is 5.75 Å². The Hall–Kier alpha value is -1.61. The van der Waals surface area contributed by atoms with E-state index in [4.69, 9.17) is 4.74 Å². The Labute approximate surface area is 115 Å². The molecule has 0 heterocycles. The maximum atomic E-state index is 11.1. The van der Waals surface area contributed by atoms with E-state index in [1.807, 2.05) is 48.5 Å². The van der Waals surface area contributed by atoms with Crippen molar-refractivity contribution < 1.29 is 9.53 Å². The van der Waals surface area contributed by atoms with Gasteiger partial charge in [-0.15, -0.1) is 0 Å². The van der Waals surface area contributed by atoms with Crippen LogP contribution in [0.15, 0.2) is 53.0 Å². The van der Waals surface area contributed by atoms with Crippen molar-refractivity contribution >= 4 is 21.7 Å². The Kier molecular flexibility index (Phi) is 4.15. The summed E-state index contributed by atoms with van der Waals surface area (Å²) in [5.74, 6) is 0.907. The summed E-state index contributed by atoms with van der Waals surface area (Å²) in [4.78, 5) is 11.1. The number of ether oxygens (including phenoxy) is 1. The van der Waals surface area contributed by atoms with Crippen LogP contribution < -0.4 is 4.74 Å². The first-order valence-electron chi connectivity index (χ1n) is 5.63. The van der Waals surface area contributed by atoms with E-state index in [2.05, 4.69) is 15.9 Å². The first-order chi connectivity index (χ1) is 8.65. The number of Topliss-reactive ketones (excluding diaryl/α,β-unsaturated/α-hetero) is 1. The molecular formula is C15H13BrO2. The SMILES string of the molecule is CC(=O)c1ccc(COc2ccc(Br)cc2)cc1. The molecule has 0 amide bonds. The maximum Gasteiger partial charge on any atom is 0.159 e. The van der Waals surface area contributed by atoms with E-state index in [0.29, 0.717) is 6.61 Å². The molecular weight excluding hydrogens is 292 g/mol. The van der Waals surface area contributed by atoms with E-state index in [1.54, 1.807) is 6.92 Å². The van der Waals surface area contributed by atoms with Crippen LogP contribution in [0, 0.1) is 0 Å². The molecule has 0 fully saturated rings. The summed E-state index contributed by atoms with van der Waals surface area (Å²) in [5.41, 5.74) is 1.77. The number of benzene rings is 2. The smallest absolute Gasteiger partial charge is 0.159 e. The molecule has 0 aromatic heterocycles. The number of hydrogen-bond acceptors (Lipinski definition) is 2. The van der Waals surface area contributed by atoms with Crippen molar-refractivity contribution in [1.29, 1.82) is 0 Å². The van der Waals surface area contributed by atoms with Crippen LogP contribution in [0.25, 0.3) is 0 Å². The molecule has 18 heavy (non-hydrogen) atoms. The van der Waals surface area contributed by atoms with Crippen LogP contribution >= 0.6 is 15.9 Å². The third-order valence-electron chi connectivity index (χ3n) is 2.58. The summed E-state index contributed by atoms with van der Waals surface area (Å²) in [6.45, 7) is 2.06. The lowest BCUT2D eigenvalue weighted by Gasteiger charge is -2.06. The van der Waals surface area contributed by atoms with Crippen molar-refractivity contribution in [3.05, 3.63) is 64.1 Å². The zero-order chi connectivity index (χ0) is 13.0. The fraction of sp³-hybridized carbons (Fsp3) is 0.133. The average molecular weight is 305 g/mol. The average Bonchev–Trinajstić information content (AvgIpc) is 2.38. The first-order valence-corrected chi connectivity index (χ1v) is 6.43. The summed E-state index contributed by atoms with van der Waals surface area (Å²) in [5, 5.41) is 0. The highest BCUT2D eigenvalue weighted by Gasteiger charge is 2.00. The Morgan fingerprint density at radius 1 is 1.06 bits per heavy atom. The molecule has 0 aliphatic heterocycles. The van der Waals surface area contributed by atoms with Gasteiger partial charge in [-0.3, -0.25) is 4.79 Å². The quantitative estimate of drug-likeness (QED) is 0.790. The fourth-order valence-electron chi connectivity index (χ4n) is 1.53. The van der Waals surface area contributed by atoms with E-state index in [-0.39, 0.29) is 5.78 Å². The molecule has 2 aromatic carbocycles. The molecule has 2 nitrogen and oxygen atoms in total. The third kappa shape index (κ3) is 3.44. The Balaban J connectivity index is 1.97. The zero-order valence-corrected chi connectivity index (χ0v) is 11.6. The van der Waals surface area contributed by atoms with Crippen molar-refractivity contribution in [2.45, 2.75) is 13.5 Å². The second-order valence-corrected chi connectivity index (χ2v) is 4.91. The first kappa shape index (κ1) is 12.8. The molecule has 2 aromatic rings. The number of ketones is 1. The third-order valence-corrected chi connectivity index (χ3v) is 3.11. The Morgan fingerprint density at radius 2 is 1.67 bits per heavy atom. The molecule has 0 radical (unpaired) electrons. The lowest BCUT2D eigenvalue weighted by molar-refractivity contribution is 0.101. The molecule has 0 saturated carbocycles. The molecule has 0 unspecified atom stereocenters. The van der Waals surface area contributed by atoms with Gasteiger partial charge in [-0.2, -0.15) is 0 Å². The number of carbonyl (C=O) groups excluding carboxylic acids is 1. The van der Waals surface area contributed by atoms with Gasteiger partial charge in [0.2, 0.25) is 0 Å². The lowest BCUT2D eigenvalue weighted by Crippen LogP contribution is -1.97. The summed E-state index contributed by atoms with van der Waals surface area (Å²) < 4.78 is 6.67. The summed E-state index contributed by atoms with van der Waals surface area (Å²) >= 11 is 3.38. The topological polar surface area (TPSA) is 26.3 Å². The van der Waals surface area contributed by atoms with Gasteiger partial charge < -0.3 is 4.74 Å². The van der Waals surface area contributed by atoms with Gasteiger partial charge in [0.1, 0.15) is 12.4 Å². The van der Waals surface area contributed by atoms with Crippen molar-refractivity contribution in [2.24, 2.45) is 0 Å². The molecule has 3 heteroatoms. The van der Waals surface area contributed by atoms with Crippen LogP contribution in [0.4, 0.5) is 0 Å². The second kappa shape index (κ2) is 5.83. The van der Waals surface area contributed by atoms with Gasteiger partial charge in [-0.1, -0.05) is 40.2 Å². The molecule has 0 N–H and O–H groups in total. The van der Waals surface area contributed by atoms with Crippen LogP contribution in [-0.2, 0) is 6.61 Å². The van der Waals surface area contributed by atoms with Gasteiger partial charge in [0.25, 0.3) is 0 Å². The van der Waals surface area contributed by atoms with E-state index >= 15 is 0 Å². The predicted octanol–water partition coefficient (Wildman–Crippen LogP) is 4.23. The fourth-order valence-corrected chi connectivity index (χ4v) is 1.80. The van der Waals surface area contributed by atoms with Crippen LogP contribution in [0.2, 0.25) is 0 Å². The number of hydrogen-bond donors (Lipinski definition) is 0. The van der Waals surface area contributed by atoms with E-state index in [1.165, 1.54) is 0 Å². The maximum absolute atomic E-state index is 11.1. The molecule has 2 rings (SSSR count). The molecule has 0 aliphatic carbocycles. The number of halogens is 1. The van der Waals surface area contributed by atoms with Crippen molar-refractivity contribution in [1.82, 2.24) is 0 Å². The normalized spacial score (nSPS) is 10.1. The highest BCUT2D eigenvalue weighted by atomic mass is 79.9. The standard InChI is InChI=1S/C15H13BrO2/c1-11(17)13-4-2-12(3-5-13)10-18-15-8-6-14(16)7-9-15/h2-9H,10H2,1H3. The monoisotopic (exact) mass is 304 g/mol. The Morgan fingerprint density at radius 3 is 2.22 bits per heavy atom. The molecule has 0 saturated heterocycles. The minimum absolute atomic E-state index is 0.0791. The van der Waals surface area contributed by atoms with Crippen LogP contribution in [0.3, 0.4) is 0 Å². The minimum Gasteiger partial charge on any atom is -0.489 e. The van der Waals surface area contributed by atoms with E-state index in [9.17, 15) is 4.79 Å². The summed E-state index contributed by atoms with van der Waals surface area (Å²) in [6.07, 6.45) is 0. The second-order valence-electron chi connectivity index (χ2n) is 4.00. The summed E-state index contributed by atoms with van der Waals surface area (Å²) in [6, 6.07) is 15.2. The van der Waals surface area contributed by atoms with Gasteiger partial charge in [0.05, 0.1) is 0 Å². The van der Waals surface area contributed by atoms with Crippen molar-refractivity contribution in [3.8, 4) is 5.75 Å². The van der Waals surface area contributed by atoms with E-state index in [0.717, 1.165) is 21.3 Å². The van der Waals surface area contributed by atoms with Gasteiger partial charge in [0.15, 0.2) is 5.78 Å². The van der Waals surface area contributed by atoms with Gasteiger partial charge >= 0.3 is 0 Å². The lowest BCUT2D eigenvalue weighted by atomic mass is 10.1. The number of rotatable bonds is 4. The molecule has 92 valence electrons. The van der Waals surface area contributed by atoms with Gasteiger partial charge in [0, 0.05) is 10.0 Å². The molecule has 0 atom stereocenters. The molecule has 0 bridgehead atoms. The van der Waals surface area contributed by atoms with Crippen molar-refractivity contribution in [3.63, 3.8) is 0 Å². The van der Waals surface area contributed by atoms with Crippen molar-refractivity contribution in [2.75, 3.05) is 0 Å². The zero-order valence-electron chi connectivity index (χ0n) is 10.0. The van der Waals surface area contributed by atoms with Gasteiger partial charge in [-0.05, 0) is 36.8 Å². The molecule has 0 aliphatic rings. The van der Waals surface area contributed by atoms with Gasteiger partial charge in [-0.25, -0.2) is 0 Å².